The van der Waals surface area contributed by atoms with Crippen LogP contribution in [0.3, 0.4) is 0 Å². The summed E-state index contributed by atoms with van der Waals surface area (Å²) < 4.78 is 0. The number of aromatic amines is 1. The molecule has 0 atom stereocenters. The number of fused-ring (bicyclic) bond motifs is 1. The molecule has 0 unspecified atom stereocenters. The van der Waals surface area contributed by atoms with Crippen molar-refractivity contribution in [3.05, 3.63) is 30.0 Å². The topological polar surface area (TPSA) is 84.1 Å². The van der Waals surface area contributed by atoms with Crippen LogP contribution in [0.25, 0.3) is 10.9 Å². The number of hydrogen-bond acceptors (Lipinski definition) is 1. The smallest absolute Gasteiger partial charge is 0.163 e. The van der Waals surface area contributed by atoms with E-state index in [1.807, 2.05) is 18.3 Å². The van der Waals surface area contributed by atoms with Crippen molar-refractivity contribution in [2.45, 2.75) is 26.2 Å². The van der Waals surface area contributed by atoms with E-state index in [1.54, 1.807) is 0 Å². The van der Waals surface area contributed by atoms with Gasteiger partial charge in [0.15, 0.2) is 5.69 Å². The van der Waals surface area contributed by atoms with Gasteiger partial charge in [-0.3, -0.25) is 0 Å². The fraction of sp³-hybridized carbons (Fsp3) is 0.333. The first-order valence-corrected chi connectivity index (χ1v) is 5.11. The number of nitrogens with two attached hydrogens (primary N) is 1. The Morgan fingerprint density at radius 2 is 1.94 bits per heavy atom. The molecule has 4 nitrogen and oxygen atoms in total. The van der Waals surface area contributed by atoms with Crippen LogP contribution < -0.4 is 5.48 Å². The highest BCUT2D eigenvalue weighted by Crippen LogP contribution is 2.30. The van der Waals surface area contributed by atoms with Crippen molar-refractivity contribution >= 4 is 16.6 Å². The fourth-order valence-corrected chi connectivity index (χ4v) is 1.84. The monoisotopic (exact) mass is 223 g/mol. The van der Waals surface area contributed by atoms with E-state index in [0.29, 0.717) is 0 Å². The first-order chi connectivity index (χ1) is 7.02. The summed E-state index contributed by atoms with van der Waals surface area (Å²) in [6, 6.07) is 5.92. The maximum Gasteiger partial charge on any atom is 0.163 e. The molecule has 0 spiro atoms. The first kappa shape index (κ1) is 12.7. The second-order valence-corrected chi connectivity index (χ2v) is 4.89. The second-order valence-electron chi connectivity index (χ2n) is 4.89. The third-order valence-electron chi connectivity index (χ3n) is 2.66. The molecular formula is C12H19N2O2+. The van der Waals surface area contributed by atoms with Gasteiger partial charge < -0.3 is 10.5 Å². The minimum absolute atomic E-state index is 0. The molecule has 0 radical (unpaired) electrons. The predicted octanol–water partition coefficient (Wildman–Crippen LogP) is 1.22. The number of aromatic nitrogens is 1. The normalized spacial score (nSPS) is 11.5. The van der Waals surface area contributed by atoms with Gasteiger partial charge in [-0.05, 0) is 17.0 Å². The van der Waals surface area contributed by atoms with Gasteiger partial charge in [0, 0.05) is 23.7 Å². The summed E-state index contributed by atoms with van der Waals surface area (Å²) >= 11 is 0. The van der Waals surface area contributed by atoms with Crippen molar-refractivity contribution in [2.75, 3.05) is 0 Å². The number of benzene rings is 1. The van der Waals surface area contributed by atoms with Crippen LogP contribution in [0.2, 0.25) is 0 Å². The number of hydrogen-bond donors (Lipinski definition) is 3. The van der Waals surface area contributed by atoms with E-state index >= 15 is 0 Å². The second kappa shape index (κ2) is 4.25. The lowest BCUT2D eigenvalue weighted by Crippen LogP contribution is -2.73. The summed E-state index contributed by atoms with van der Waals surface area (Å²) in [6.45, 7) is 6.59. The molecule has 0 aliphatic heterocycles. The van der Waals surface area contributed by atoms with Crippen LogP contribution in [-0.4, -0.2) is 15.7 Å². The zero-order valence-corrected chi connectivity index (χ0v) is 9.83. The molecule has 16 heavy (non-hydrogen) atoms. The molecule has 2 aromatic rings. The third-order valence-corrected chi connectivity index (χ3v) is 2.66. The van der Waals surface area contributed by atoms with Gasteiger partial charge in [0.2, 0.25) is 0 Å². The highest BCUT2D eigenvalue weighted by atomic mass is 16.5. The summed E-state index contributed by atoms with van der Waals surface area (Å²) in [5, 5.41) is 10.2. The lowest BCUT2D eigenvalue weighted by atomic mass is 9.87. The Morgan fingerprint density at radius 3 is 2.50 bits per heavy atom. The molecule has 2 rings (SSSR count). The number of quaternary nitrogens is 1. The summed E-state index contributed by atoms with van der Waals surface area (Å²) in [5.74, 6) is 0. The van der Waals surface area contributed by atoms with E-state index in [1.165, 1.54) is 10.9 Å². The molecule has 1 aromatic carbocycles. The fourth-order valence-electron chi connectivity index (χ4n) is 1.84. The van der Waals surface area contributed by atoms with Crippen LogP contribution >= 0.6 is 0 Å². The Balaban J connectivity index is 0.00000128. The van der Waals surface area contributed by atoms with Gasteiger partial charge in [-0.2, -0.15) is 5.48 Å². The number of nitrogens with one attached hydrogen (secondary N) is 1. The zero-order valence-electron chi connectivity index (χ0n) is 9.83. The standard InChI is InChI=1S/C12H16N2O.H2O/c1-12(2,3)10-7-13-11-6-8(14-15)4-5-9(10)11;/h4-7,13-15H,1-3H3;1H2/p+1. The molecule has 0 saturated carbocycles. The average molecular weight is 223 g/mol. The molecule has 0 saturated heterocycles. The van der Waals surface area contributed by atoms with E-state index in [-0.39, 0.29) is 10.9 Å². The Kier molecular flexibility index (Phi) is 3.38. The zero-order chi connectivity index (χ0) is 11.1. The van der Waals surface area contributed by atoms with E-state index in [4.69, 9.17) is 5.21 Å². The minimum atomic E-state index is 0. The van der Waals surface area contributed by atoms with Gasteiger partial charge in [-0.25, -0.2) is 5.21 Å². The van der Waals surface area contributed by atoms with Crippen molar-refractivity contribution in [3.8, 4) is 0 Å². The van der Waals surface area contributed by atoms with Crippen LogP contribution in [0.4, 0.5) is 5.69 Å². The Labute approximate surface area is 94.6 Å². The summed E-state index contributed by atoms with van der Waals surface area (Å²) in [5.41, 5.74) is 4.47. The summed E-state index contributed by atoms with van der Waals surface area (Å²) in [6.07, 6.45) is 2.05. The maximum absolute atomic E-state index is 8.92. The Hall–Kier alpha value is -1.36. The molecular weight excluding hydrogens is 204 g/mol. The first-order valence-electron chi connectivity index (χ1n) is 5.11. The number of H-pyrrole nitrogens is 1. The SMILES string of the molecule is CC(C)(C)c1c[nH]c2cc([NH2+]O)ccc12.O. The highest BCUT2D eigenvalue weighted by Gasteiger charge is 2.18. The molecule has 1 heterocycles. The molecule has 0 amide bonds. The summed E-state index contributed by atoms with van der Waals surface area (Å²) in [7, 11) is 0. The van der Waals surface area contributed by atoms with Crippen LogP contribution in [0.1, 0.15) is 26.3 Å². The van der Waals surface area contributed by atoms with E-state index < -0.39 is 0 Å². The van der Waals surface area contributed by atoms with Gasteiger partial charge in [-0.15, -0.1) is 0 Å². The molecule has 4 heteroatoms. The van der Waals surface area contributed by atoms with Crippen LogP contribution in [0.15, 0.2) is 24.4 Å². The van der Waals surface area contributed by atoms with Crippen molar-refractivity contribution in [2.24, 2.45) is 0 Å². The number of rotatable bonds is 1. The quantitative estimate of drug-likeness (QED) is 0.493. The van der Waals surface area contributed by atoms with Gasteiger partial charge >= 0.3 is 0 Å². The maximum atomic E-state index is 8.92. The molecule has 1 aromatic heterocycles. The lowest BCUT2D eigenvalue weighted by Gasteiger charge is -2.17. The highest BCUT2D eigenvalue weighted by molar-refractivity contribution is 5.85. The molecule has 88 valence electrons. The van der Waals surface area contributed by atoms with Gasteiger partial charge in [-0.1, -0.05) is 20.8 Å². The average Bonchev–Trinajstić information content (AvgIpc) is 2.59. The van der Waals surface area contributed by atoms with Crippen molar-refractivity contribution < 1.29 is 16.2 Å². The predicted molar refractivity (Wildman–Crippen MR) is 64.0 cm³/mol. The largest absolute Gasteiger partial charge is 0.412 e. The van der Waals surface area contributed by atoms with Crippen LogP contribution in [-0.2, 0) is 5.41 Å². The minimum Gasteiger partial charge on any atom is -0.412 e. The lowest BCUT2D eigenvalue weighted by molar-refractivity contribution is -0.825. The molecule has 6 N–H and O–H groups in total. The van der Waals surface area contributed by atoms with E-state index in [0.717, 1.165) is 16.7 Å². The Morgan fingerprint density at radius 1 is 1.25 bits per heavy atom. The van der Waals surface area contributed by atoms with Crippen molar-refractivity contribution in [1.82, 2.24) is 4.98 Å². The molecule has 0 aliphatic rings. The van der Waals surface area contributed by atoms with Gasteiger partial charge in [0.05, 0.1) is 5.52 Å². The van der Waals surface area contributed by atoms with Crippen LogP contribution in [0, 0.1) is 0 Å². The Bertz CT molecular complexity index is 483. The third kappa shape index (κ3) is 2.09. The van der Waals surface area contributed by atoms with Gasteiger partial charge in [0.25, 0.3) is 0 Å². The van der Waals surface area contributed by atoms with Crippen molar-refractivity contribution in [1.29, 1.82) is 0 Å². The summed E-state index contributed by atoms with van der Waals surface area (Å²) in [4.78, 5) is 3.24. The van der Waals surface area contributed by atoms with Crippen molar-refractivity contribution in [3.63, 3.8) is 0 Å². The van der Waals surface area contributed by atoms with Crippen LogP contribution in [0.5, 0.6) is 0 Å². The molecule has 0 fully saturated rings. The van der Waals surface area contributed by atoms with E-state index in [2.05, 4.69) is 31.8 Å². The molecule has 0 bridgehead atoms. The van der Waals surface area contributed by atoms with Gasteiger partial charge in [0.1, 0.15) is 0 Å². The molecule has 0 aliphatic carbocycles. The van der Waals surface area contributed by atoms with E-state index in [9.17, 15) is 0 Å².